The minimum absolute atomic E-state index is 0.00681. The molecule has 39 heavy (non-hydrogen) atoms. The summed E-state index contributed by atoms with van der Waals surface area (Å²) in [5.41, 5.74) is -1.92. The van der Waals surface area contributed by atoms with Crippen LogP contribution in [0.25, 0.3) is 0 Å². The van der Waals surface area contributed by atoms with Crippen LogP contribution in [-0.4, -0.2) is 45.4 Å². The van der Waals surface area contributed by atoms with Gasteiger partial charge in [-0.3, -0.25) is 14.4 Å². The normalized spacial score (nSPS) is 12.2. The van der Waals surface area contributed by atoms with Gasteiger partial charge in [-0.1, -0.05) is 18.5 Å². The molecule has 0 unspecified atom stereocenters. The Morgan fingerprint density at radius 3 is 2.38 bits per heavy atom. The second-order valence-corrected chi connectivity index (χ2v) is 8.91. The lowest BCUT2D eigenvalue weighted by Crippen LogP contribution is -2.30. The Hall–Kier alpha value is -3.84. The maximum atomic E-state index is 14.1. The molecule has 1 atom stereocenters. The number of amides is 2. The molecule has 1 aromatic heterocycles. The quantitative estimate of drug-likeness (QED) is 0.326. The van der Waals surface area contributed by atoms with E-state index < -0.39 is 71.4 Å². The smallest absolute Gasteiger partial charge is 0.395 e. The molecule has 2 amide bonds. The van der Waals surface area contributed by atoms with E-state index >= 15 is 0 Å². The van der Waals surface area contributed by atoms with Crippen LogP contribution in [0.1, 0.15) is 57.6 Å². The van der Waals surface area contributed by atoms with Crippen LogP contribution in [0.5, 0.6) is 0 Å². The summed E-state index contributed by atoms with van der Waals surface area (Å²) in [5.74, 6) is -6.15. The standard InChI is InChI=1S/C25H22ClF5N4O4/c1-12(37)11-35-20(13(2)18-10-16(27)3-4-19(18)26)21(33-22(35)24(39)32-5-6-36)34-23(38)14-7-15(25(29,30)31)9-17(28)8-14/h3-4,7-10,13,36H,5-6,11H2,1-2H3,(H,32,39)(H,34,38)/t13-/m0/s1. The monoisotopic (exact) mass is 572 g/mol. The summed E-state index contributed by atoms with van der Waals surface area (Å²) in [5, 5.41) is 13.8. The molecule has 3 aromatic rings. The Kier molecular flexibility index (Phi) is 9.07. The lowest BCUT2D eigenvalue weighted by molar-refractivity contribution is -0.137. The van der Waals surface area contributed by atoms with Crippen LogP contribution in [-0.2, 0) is 17.5 Å². The van der Waals surface area contributed by atoms with Crippen molar-refractivity contribution in [2.24, 2.45) is 0 Å². The number of Topliss-reactive ketones (excluding diaryl/α,β-unsaturated/α-hetero) is 1. The average Bonchev–Trinajstić information content (AvgIpc) is 3.19. The molecule has 0 saturated heterocycles. The molecule has 208 valence electrons. The second kappa shape index (κ2) is 11.9. The lowest BCUT2D eigenvalue weighted by Gasteiger charge is -2.19. The number of rotatable bonds is 9. The van der Waals surface area contributed by atoms with E-state index in [0.717, 1.165) is 16.7 Å². The first kappa shape index (κ1) is 29.7. The Labute approximate surface area is 223 Å². The first-order valence-corrected chi connectivity index (χ1v) is 11.7. The molecule has 14 heteroatoms. The summed E-state index contributed by atoms with van der Waals surface area (Å²) in [7, 11) is 0. The second-order valence-electron chi connectivity index (χ2n) is 8.50. The summed E-state index contributed by atoms with van der Waals surface area (Å²) < 4.78 is 68.7. The van der Waals surface area contributed by atoms with Gasteiger partial charge >= 0.3 is 6.18 Å². The van der Waals surface area contributed by atoms with E-state index in [-0.39, 0.29) is 34.7 Å². The van der Waals surface area contributed by atoms with Crippen molar-refractivity contribution < 1.29 is 41.4 Å². The van der Waals surface area contributed by atoms with Crippen LogP contribution >= 0.6 is 11.6 Å². The number of anilines is 1. The number of carbonyl (C=O) groups is 3. The van der Waals surface area contributed by atoms with Crippen molar-refractivity contribution in [1.29, 1.82) is 0 Å². The molecular weight excluding hydrogens is 551 g/mol. The number of alkyl halides is 3. The van der Waals surface area contributed by atoms with Crippen LogP contribution in [0, 0.1) is 11.6 Å². The molecule has 0 spiro atoms. The van der Waals surface area contributed by atoms with Crippen LogP contribution < -0.4 is 10.6 Å². The summed E-state index contributed by atoms with van der Waals surface area (Å²) in [6.45, 7) is 1.69. The van der Waals surface area contributed by atoms with Gasteiger partial charge in [-0.2, -0.15) is 13.2 Å². The molecule has 3 N–H and O–H groups in total. The van der Waals surface area contributed by atoms with Gasteiger partial charge < -0.3 is 20.3 Å². The van der Waals surface area contributed by atoms with Crippen molar-refractivity contribution in [1.82, 2.24) is 14.9 Å². The molecule has 1 heterocycles. The highest BCUT2D eigenvalue weighted by Crippen LogP contribution is 2.36. The molecule has 0 aliphatic rings. The van der Waals surface area contributed by atoms with Crippen LogP contribution in [0.4, 0.5) is 27.8 Å². The third kappa shape index (κ3) is 6.98. The number of hydrogen-bond donors (Lipinski definition) is 3. The number of benzene rings is 2. The topological polar surface area (TPSA) is 113 Å². The van der Waals surface area contributed by atoms with Gasteiger partial charge in [-0.15, -0.1) is 0 Å². The van der Waals surface area contributed by atoms with E-state index in [9.17, 15) is 36.3 Å². The van der Waals surface area contributed by atoms with Gasteiger partial charge in [-0.25, -0.2) is 13.8 Å². The minimum atomic E-state index is -4.94. The number of imidazole rings is 1. The van der Waals surface area contributed by atoms with E-state index in [1.807, 2.05) is 0 Å². The summed E-state index contributed by atoms with van der Waals surface area (Å²) in [6, 6.07) is 4.71. The molecule has 8 nitrogen and oxygen atoms in total. The van der Waals surface area contributed by atoms with Gasteiger partial charge in [0.15, 0.2) is 5.82 Å². The first-order valence-electron chi connectivity index (χ1n) is 11.4. The highest BCUT2D eigenvalue weighted by molar-refractivity contribution is 6.31. The Balaban J connectivity index is 2.20. The minimum Gasteiger partial charge on any atom is -0.395 e. The molecule has 2 aromatic carbocycles. The Morgan fingerprint density at radius 2 is 1.77 bits per heavy atom. The Morgan fingerprint density at radius 1 is 1.08 bits per heavy atom. The predicted molar refractivity (Wildman–Crippen MR) is 131 cm³/mol. The highest BCUT2D eigenvalue weighted by atomic mass is 35.5. The largest absolute Gasteiger partial charge is 0.416 e. The molecule has 3 rings (SSSR count). The number of nitrogens with one attached hydrogen (secondary N) is 2. The number of aliphatic hydroxyl groups is 1. The van der Waals surface area contributed by atoms with Gasteiger partial charge in [0.25, 0.3) is 11.8 Å². The zero-order valence-corrected chi connectivity index (χ0v) is 21.3. The fourth-order valence-corrected chi connectivity index (χ4v) is 4.14. The average molecular weight is 573 g/mol. The third-order valence-corrected chi connectivity index (χ3v) is 5.89. The fraction of sp³-hybridized carbons (Fsp3) is 0.280. The molecular formula is C25H22ClF5N4O4. The van der Waals surface area contributed by atoms with Crippen molar-refractivity contribution in [3.63, 3.8) is 0 Å². The van der Waals surface area contributed by atoms with E-state index in [4.69, 9.17) is 16.7 Å². The molecule has 0 saturated carbocycles. The van der Waals surface area contributed by atoms with E-state index in [0.29, 0.717) is 12.1 Å². The molecule has 0 aliphatic heterocycles. The van der Waals surface area contributed by atoms with Crippen molar-refractivity contribution in [3.05, 3.63) is 81.3 Å². The highest BCUT2D eigenvalue weighted by Gasteiger charge is 2.33. The van der Waals surface area contributed by atoms with Gasteiger partial charge in [0.1, 0.15) is 17.4 Å². The van der Waals surface area contributed by atoms with E-state index in [1.54, 1.807) is 0 Å². The number of ketones is 1. The lowest BCUT2D eigenvalue weighted by atomic mass is 9.96. The van der Waals surface area contributed by atoms with Gasteiger partial charge in [0.05, 0.1) is 24.4 Å². The van der Waals surface area contributed by atoms with Gasteiger partial charge in [0.2, 0.25) is 5.82 Å². The third-order valence-electron chi connectivity index (χ3n) is 5.54. The van der Waals surface area contributed by atoms with Crippen LogP contribution in [0.15, 0.2) is 36.4 Å². The van der Waals surface area contributed by atoms with Crippen molar-refractivity contribution in [2.45, 2.75) is 32.5 Å². The fourth-order valence-electron chi connectivity index (χ4n) is 3.86. The van der Waals surface area contributed by atoms with Gasteiger partial charge in [0, 0.05) is 23.0 Å². The molecule has 0 bridgehead atoms. The zero-order chi connectivity index (χ0) is 29.1. The molecule has 0 aliphatic carbocycles. The predicted octanol–water partition coefficient (Wildman–Crippen LogP) is 4.55. The van der Waals surface area contributed by atoms with Crippen LogP contribution in [0.3, 0.4) is 0 Å². The summed E-state index contributed by atoms with van der Waals surface area (Å²) in [6.07, 6.45) is -4.94. The van der Waals surface area contributed by atoms with Crippen LogP contribution in [0.2, 0.25) is 5.02 Å². The number of halogens is 6. The zero-order valence-electron chi connectivity index (χ0n) is 20.5. The van der Waals surface area contributed by atoms with Crippen molar-refractivity contribution >= 4 is 35.0 Å². The molecule has 0 radical (unpaired) electrons. The SMILES string of the molecule is CC(=O)Cn1c(C(=O)NCCO)nc(NC(=O)c2cc(F)cc(C(F)(F)F)c2)c1[C@@H](C)c1cc(F)ccc1Cl. The number of aromatic nitrogens is 2. The number of nitrogens with zero attached hydrogens (tertiary/aromatic N) is 2. The first-order chi connectivity index (χ1) is 18.2. The number of carbonyl (C=O) groups excluding carboxylic acids is 3. The van der Waals surface area contributed by atoms with Crippen molar-refractivity contribution in [2.75, 3.05) is 18.5 Å². The van der Waals surface area contributed by atoms with Gasteiger partial charge in [-0.05, 0) is 48.9 Å². The number of hydrogen-bond acceptors (Lipinski definition) is 5. The van der Waals surface area contributed by atoms with E-state index in [2.05, 4.69) is 15.6 Å². The number of aliphatic hydroxyl groups excluding tert-OH is 1. The molecule has 0 fully saturated rings. The van der Waals surface area contributed by atoms with Crippen molar-refractivity contribution in [3.8, 4) is 0 Å². The Bertz CT molecular complexity index is 1420. The maximum absolute atomic E-state index is 14.1. The maximum Gasteiger partial charge on any atom is 0.416 e. The van der Waals surface area contributed by atoms with E-state index in [1.165, 1.54) is 19.9 Å². The summed E-state index contributed by atoms with van der Waals surface area (Å²) >= 11 is 6.26. The summed E-state index contributed by atoms with van der Waals surface area (Å²) in [4.78, 5) is 42.0.